The smallest absolute Gasteiger partial charge is 1.00 e. The zero-order valence-corrected chi connectivity index (χ0v) is 68.2. The molecule has 8 rings (SSSR count). The molecule has 94 heavy (non-hydrogen) atoms. The Morgan fingerprint density at radius 1 is 0.404 bits per heavy atom. The molecule has 0 amide bonds. The van der Waals surface area contributed by atoms with E-state index in [9.17, 15) is 35.4 Å². The van der Waals surface area contributed by atoms with Crippen LogP contribution in [0.4, 0.5) is 4.39 Å². The van der Waals surface area contributed by atoms with E-state index in [-0.39, 0.29) is 81.0 Å². The quantitative estimate of drug-likeness (QED) is 0.0697. The molecule has 0 saturated carbocycles. The fourth-order valence-electron chi connectivity index (χ4n) is 6.93. The fraction of sp³-hybridized carbons (Fsp3) is 0.526. The van der Waals surface area contributed by atoms with Crippen molar-refractivity contribution in [3.8, 4) is 5.75 Å². The molecule has 6 aromatic carbocycles. The first kappa shape index (κ1) is 96.8. The minimum atomic E-state index is -4.55. The third kappa shape index (κ3) is 33.8. The normalized spacial score (nSPS) is 14.9. The monoisotopic (exact) mass is 1400 g/mol. The van der Waals surface area contributed by atoms with Crippen molar-refractivity contribution in [2.75, 3.05) is 26.4 Å². The van der Waals surface area contributed by atoms with E-state index in [0.29, 0.717) is 5.75 Å². The van der Waals surface area contributed by atoms with E-state index in [4.69, 9.17) is 23.7 Å². The summed E-state index contributed by atoms with van der Waals surface area (Å²) in [6.45, 7) is 54.5. The molecule has 0 bridgehead atoms. The van der Waals surface area contributed by atoms with Crippen LogP contribution in [0.15, 0.2) is 199 Å². The van der Waals surface area contributed by atoms with Crippen LogP contribution in [0.1, 0.15) is 195 Å². The fourth-order valence-corrected chi connectivity index (χ4v) is 12.3. The Balaban J connectivity index is -0.000000361. The van der Waals surface area contributed by atoms with Crippen LogP contribution in [-0.2, 0) is 61.0 Å². The van der Waals surface area contributed by atoms with E-state index < -0.39 is 40.9 Å². The van der Waals surface area contributed by atoms with Gasteiger partial charge < -0.3 is 39.3 Å². The molecule has 2 aliphatic heterocycles. The summed E-state index contributed by atoms with van der Waals surface area (Å²) in [5.41, 5.74) is -2.34. The van der Waals surface area contributed by atoms with E-state index in [0.717, 1.165) is 36.2 Å². The molecule has 6 aromatic rings. The maximum Gasteiger partial charge on any atom is 1.00 e. The summed E-state index contributed by atoms with van der Waals surface area (Å²) in [6.07, 6.45) is 0. The van der Waals surface area contributed by atoms with Gasteiger partial charge in [0.25, 0.3) is 0 Å². The van der Waals surface area contributed by atoms with Crippen LogP contribution in [0.2, 0.25) is 0 Å². The average Bonchev–Trinajstić information content (AvgIpc) is 0.790. The van der Waals surface area contributed by atoms with Gasteiger partial charge >= 0.3 is 29.6 Å². The van der Waals surface area contributed by atoms with E-state index in [1.165, 1.54) is 73.3 Å². The minimum absolute atomic E-state index is 0. The van der Waals surface area contributed by atoms with Crippen molar-refractivity contribution in [3.63, 3.8) is 0 Å². The van der Waals surface area contributed by atoms with Crippen LogP contribution in [0.5, 0.6) is 5.75 Å². The van der Waals surface area contributed by atoms with Gasteiger partial charge in [-0.1, -0.05) is 184 Å². The van der Waals surface area contributed by atoms with Crippen LogP contribution in [0.25, 0.3) is 0 Å². The first-order valence-electron chi connectivity index (χ1n) is 32.6. The van der Waals surface area contributed by atoms with Gasteiger partial charge in [0.2, 0.25) is 0 Å². The molecule has 2 heterocycles. The van der Waals surface area contributed by atoms with Gasteiger partial charge in [0, 0.05) is 10.8 Å². The first-order valence-corrected chi connectivity index (χ1v) is 37.9. The van der Waals surface area contributed by atoms with Gasteiger partial charge in [0.1, 0.15) is 37.4 Å². The Hall–Kier alpha value is -3.63. The standard InChI is InChI=1S/C24H26O4S2.C18H14FS.2C8H16O2.C6H14O4S.6C2H6.Na.H/c1-23(2,24(3,4)30(25,26)27)28-19-15-17-22(18-16-19)29(20-11-7-5-8-12-20)21-13-9-6-10-14-21;19-15-11-13-18(14-12-15)20(16-7-3-1-4-8-16)17-9-5-2-6-10-17;2*1-7(2)5-9-8(3,4)10-6-7;1-5(2,7)6(3,4)11(8,9)10;6*1-2;;/h5-18H,1-4H3;1-14H;2*5-6H2,1-4H3;7H,1-4H3,(H,8,9,10);6*1-2H3;;/q;+1;;;;;;;;;;+1;-1/p-1. The van der Waals surface area contributed by atoms with Crippen molar-refractivity contribution in [3.05, 3.63) is 176 Å². The summed E-state index contributed by atoms with van der Waals surface area (Å²) >= 11 is 0. The van der Waals surface area contributed by atoms with Crippen molar-refractivity contribution in [1.29, 1.82) is 0 Å². The number of hydrogen-bond acceptors (Lipinski definition) is 12. The average molecular weight is 1400 g/mol. The molecule has 2 saturated heterocycles. The SMILES string of the molecule is CC.CC.CC.CC.CC.CC.CC(C)(O)C(C)(C)S(=O)(=O)[O-].CC(C)(Oc1ccc([S+](c2ccccc2)c2ccccc2)cc1)C(C)(C)S(=O)(=O)[O-].CC1(C)COC(C)(C)OC1.CC1(C)COC(C)(C)OC1.Fc1ccc([S+](c2ccccc2)c2ccccc2)cc1.[H-].[Na+]. The molecule has 12 nitrogen and oxygen atoms in total. The molecule has 2 aliphatic rings. The van der Waals surface area contributed by atoms with Crippen molar-refractivity contribution in [1.82, 2.24) is 0 Å². The summed E-state index contributed by atoms with van der Waals surface area (Å²) in [7, 11) is -9.48. The third-order valence-electron chi connectivity index (χ3n) is 13.8. The Labute approximate surface area is 601 Å². The number of ether oxygens (including phenoxy) is 5. The number of hydrogen-bond donors (Lipinski definition) is 1. The summed E-state index contributed by atoms with van der Waals surface area (Å²) < 4.78 is 105. The van der Waals surface area contributed by atoms with Gasteiger partial charge in [-0.05, 0) is 180 Å². The molecule has 0 unspecified atom stereocenters. The molecule has 530 valence electrons. The minimum Gasteiger partial charge on any atom is -1.00 e. The predicted molar refractivity (Wildman–Crippen MR) is 390 cm³/mol. The van der Waals surface area contributed by atoms with Crippen molar-refractivity contribution < 1.29 is 90.1 Å². The maximum atomic E-state index is 13.2. The van der Waals surface area contributed by atoms with Crippen LogP contribution in [0.3, 0.4) is 0 Å². The summed E-state index contributed by atoms with van der Waals surface area (Å²) in [5.74, 6) is -0.408. The van der Waals surface area contributed by atoms with Crippen molar-refractivity contribution >= 4 is 42.0 Å². The zero-order valence-electron chi connectivity index (χ0n) is 63.9. The number of aliphatic hydroxyl groups is 1. The van der Waals surface area contributed by atoms with E-state index in [1.807, 2.05) is 220 Å². The van der Waals surface area contributed by atoms with E-state index >= 15 is 0 Å². The number of benzene rings is 6. The molecule has 1 N–H and O–H groups in total. The Bertz CT molecular complexity index is 2930. The molecule has 0 aliphatic carbocycles. The molecule has 2 fully saturated rings. The Morgan fingerprint density at radius 2 is 0.617 bits per heavy atom. The Morgan fingerprint density at radius 3 is 0.809 bits per heavy atom. The zero-order chi connectivity index (χ0) is 72.9. The second kappa shape index (κ2) is 45.9. The first-order chi connectivity index (χ1) is 43.2. The summed E-state index contributed by atoms with van der Waals surface area (Å²) in [6, 6.07) is 55.7. The molecular formula is C76H122FNaO12S4. The molecule has 0 spiro atoms. The Kier molecular flexibility index (Phi) is 47.2. The van der Waals surface area contributed by atoms with Gasteiger partial charge in [-0.2, -0.15) is 0 Å². The van der Waals surface area contributed by atoms with E-state index in [2.05, 4.69) is 76.2 Å². The molecule has 0 radical (unpaired) electrons. The van der Waals surface area contributed by atoms with Crippen molar-refractivity contribution in [2.45, 2.75) is 256 Å². The second-order valence-corrected chi connectivity index (χ2v) is 32.1. The van der Waals surface area contributed by atoms with Gasteiger partial charge in [-0.25, -0.2) is 21.2 Å². The topological polar surface area (TPSA) is 181 Å². The molecule has 18 heteroatoms. The summed E-state index contributed by atoms with van der Waals surface area (Å²) in [4.78, 5) is 7.14. The molecular weight excluding hydrogens is 1280 g/mol. The van der Waals surface area contributed by atoms with Crippen LogP contribution in [-0.4, -0.2) is 89.7 Å². The predicted octanol–water partition coefficient (Wildman–Crippen LogP) is 17.1. The van der Waals surface area contributed by atoms with E-state index in [1.54, 1.807) is 13.8 Å². The summed E-state index contributed by atoms with van der Waals surface area (Å²) in [5, 5.41) is 9.30. The van der Waals surface area contributed by atoms with Crippen LogP contribution < -0.4 is 34.3 Å². The van der Waals surface area contributed by atoms with Crippen LogP contribution in [0, 0.1) is 16.6 Å². The van der Waals surface area contributed by atoms with Gasteiger partial charge in [0.15, 0.2) is 40.9 Å². The van der Waals surface area contributed by atoms with Crippen molar-refractivity contribution in [2.24, 2.45) is 10.8 Å². The van der Waals surface area contributed by atoms with Crippen LogP contribution >= 0.6 is 0 Å². The second-order valence-electron chi connectivity index (χ2n) is 24.2. The number of rotatable bonds is 12. The van der Waals surface area contributed by atoms with Gasteiger partial charge in [-0.15, -0.1) is 0 Å². The number of halogens is 1. The largest absolute Gasteiger partial charge is 1.00 e. The van der Waals surface area contributed by atoms with Gasteiger partial charge in [-0.3, -0.25) is 0 Å². The maximum absolute atomic E-state index is 13.2. The third-order valence-corrected chi connectivity index (χ3v) is 21.8. The molecule has 0 aromatic heterocycles. The van der Waals surface area contributed by atoms with Gasteiger partial charge in [0.05, 0.1) is 63.3 Å². The molecule has 0 atom stereocenters.